The molecule has 0 atom stereocenters. The Morgan fingerprint density at radius 1 is 1.23 bits per heavy atom. The fourth-order valence-electron chi connectivity index (χ4n) is 3.08. The number of benzene rings is 1. The monoisotopic (exact) mass is 367 g/mol. The van der Waals surface area contributed by atoms with Gasteiger partial charge in [-0.3, -0.25) is 4.79 Å². The molecule has 3 aromatic rings. The number of para-hydroxylation sites is 1. The molecule has 4 rings (SSSR count). The molecule has 3 heterocycles. The number of thiazole rings is 1. The molecule has 0 radical (unpaired) electrons. The van der Waals surface area contributed by atoms with Gasteiger partial charge in [0.15, 0.2) is 0 Å². The molecule has 2 aromatic heterocycles. The number of likely N-dealkylation sites (tertiary alicyclic amines) is 1. The first-order valence-corrected chi connectivity index (χ1v) is 9.62. The van der Waals surface area contributed by atoms with Crippen molar-refractivity contribution in [2.24, 2.45) is 0 Å². The van der Waals surface area contributed by atoms with Gasteiger partial charge in [0.1, 0.15) is 10.7 Å². The fourth-order valence-corrected chi connectivity index (χ4v) is 3.85. The van der Waals surface area contributed by atoms with E-state index < -0.39 is 0 Å². The summed E-state index contributed by atoms with van der Waals surface area (Å²) in [6.07, 6.45) is 5.70. The highest BCUT2D eigenvalue weighted by atomic mass is 32.1. The van der Waals surface area contributed by atoms with E-state index >= 15 is 0 Å². The predicted molar refractivity (Wildman–Crippen MR) is 103 cm³/mol. The number of rotatable bonds is 4. The number of amides is 1. The van der Waals surface area contributed by atoms with Gasteiger partial charge in [-0.1, -0.05) is 18.2 Å². The van der Waals surface area contributed by atoms with E-state index in [0.29, 0.717) is 5.69 Å². The average molecular weight is 367 g/mol. The van der Waals surface area contributed by atoms with Crippen molar-refractivity contribution in [3.63, 3.8) is 0 Å². The van der Waals surface area contributed by atoms with Gasteiger partial charge in [0, 0.05) is 23.2 Å². The van der Waals surface area contributed by atoms with Crippen LogP contribution in [0, 0.1) is 0 Å². The normalized spacial score (nSPS) is 15.9. The van der Waals surface area contributed by atoms with Gasteiger partial charge >= 0.3 is 0 Å². The second-order valence-electron chi connectivity index (χ2n) is 6.60. The van der Waals surface area contributed by atoms with E-state index in [1.165, 1.54) is 11.3 Å². The van der Waals surface area contributed by atoms with Crippen LogP contribution < -0.4 is 5.32 Å². The van der Waals surface area contributed by atoms with Crippen LogP contribution in [0.2, 0.25) is 0 Å². The summed E-state index contributed by atoms with van der Waals surface area (Å²) in [5.74, 6) is -0.0856. The first kappa shape index (κ1) is 16.9. The molecule has 1 saturated heterocycles. The Balaban J connectivity index is 1.45. The third-order valence-corrected chi connectivity index (χ3v) is 5.53. The van der Waals surface area contributed by atoms with E-state index in [-0.39, 0.29) is 11.9 Å². The standard InChI is InChI=1S/C19H21N5OS/c1-23-9-7-15(8-10-23)21-18(25)17-13-26-19(22-17)14-11-20-24(12-14)16-5-3-2-4-6-16/h2-6,11-13,15H,7-10H2,1H3,(H,21,25). The number of nitrogens with one attached hydrogen (secondary N) is 1. The summed E-state index contributed by atoms with van der Waals surface area (Å²) in [6.45, 7) is 2.04. The maximum absolute atomic E-state index is 12.5. The van der Waals surface area contributed by atoms with E-state index in [2.05, 4.69) is 27.3 Å². The molecule has 0 saturated carbocycles. The lowest BCUT2D eigenvalue weighted by molar-refractivity contribution is 0.0912. The van der Waals surface area contributed by atoms with Crippen LogP contribution in [0.5, 0.6) is 0 Å². The SMILES string of the molecule is CN1CCC(NC(=O)c2csc(-c3cnn(-c4ccccc4)c3)n2)CC1. The zero-order chi connectivity index (χ0) is 17.9. The second-order valence-corrected chi connectivity index (χ2v) is 7.46. The highest BCUT2D eigenvalue weighted by Gasteiger charge is 2.20. The van der Waals surface area contributed by atoms with Crippen LogP contribution in [0.15, 0.2) is 48.1 Å². The third-order valence-electron chi connectivity index (χ3n) is 4.64. The lowest BCUT2D eigenvalue weighted by atomic mass is 10.1. The molecule has 1 fully saturated rings. The van der Waals surface area contributed by atoms with Crippen molar-refractivity contribution in [2.75, 3.05) is 20.1 Å². The predicted octanol–water partition coefficient (Wildman–Crippen LogP) is 2.82. The Bertz CT molecular complexity index is 880. The summed E-state index contributed by atoms with van der Waals surface area (Å²) in [7, 11) is 2.11. The average Bonchev–Trinajstić information content (AvgIpc) is 3.34. The Morgan fingerprint density at radius 2 is 2.00 bits per heavy atom. The van der Waals surface area contributed by atoms with Crippen LogP contribution in [0.4, 0.5) is 0 Å². The Hall–Kier alpha value is -2.51. The quantitative estimate of drug-likeness (QED) is 0.770. The topological polar surface area (TPSA) is 63.1 Å². The molecule has 0 unspecified atom stereocenters. The minimum absolute atomic E-state index is 0.0856. The summed E-state index contributed by atoms with van der Waals surface area (Å²) in [6, 6.07) is 10.2. The van der Waals surface area contributed by atoms with Crippen LogP contribution in [-0.4, -0.2) is 51.8 Å². The number of carbonyl (C=O) groups excluding carboxylic acids is 1. The summed E-state index contributed by atoms with van der Waals surface area (Å²) in [4.78, 5) is 19.3. The molecule has 6 nitrogen and oxygen atoms in total. The maximum Gasteiger partial charge on any atom is 0.270 e. The molecule has 0 spiro atoms. The van der Waals surface area contributed by atoms with E-state index in [1.54, 1.807) is 6.20 Å². The largest absolute Gasteiger partial charge is 0.348 e. The van der Waals surface area contributed by atoms with Crippen molar-refractivity contribution in [1.29, 1.82) is 0 Å². The van der Waals surface area contributed by atoms with Crippen LogP contribution in [0.1, 0.15) is 23.3 Å². The van der Waals surface area contributed by atoms with Crippen molar-refractivity contribution in [2.45, 2.75) is 18.9 Å². The molecule has 1 aliphatic heterocycles. The van der Waals surface area contributed by atoms with E-state index in [1.807, 2.05) is 46.6 Å². The molecular weight excluding hydrogens is 346 g/mol. The van der Waals surface area contributed by atoms with Gasteiger partial charge in [0.05, 0.1) is 11.9 Å². The highest BCUT2D eigenvalue weighted by Crippen LogP contribution is 2.24. The molecular formula is C19H21N5OS. The van der Waals surface area contributed by atoms with Gasteiger partial charge in [0.2, 0.25) is 0 Å². The van der Waals surface area contributed by atoms with Gasteiger partial charge in [-0.2, -0.15) is 5.10 Å². The summed E-state index contributed by atoms with van der Waals surface area (Å²) in [5.41, 5.74) is 2.39. The lowest BCUT2D eigenvalue weighted by Gasteiger charge is -2.29. The van der Waals surface area contributed by atoms with Crippen LogP contribution in [0.25, 0.3) is 16.3 Å². The number of hydrogen-bond acceptors (Lipinski definition) is 5. The first-order valence-electron chi connectivity index (χ1n) is 8.74. The zero-order valence-electron chi connectivity index (χ0n) is 14.6. The van der Waals surface area contributed by atoms with Gasteiger partial charge in [-0.25, -0.2) is 9.67 Å². The molecule has 0 bridgehead atoms. The van der Waals surface area contributed by atoms with Crippen LogP contribution in [-0.2, 0) is 0 Å². The minimum atomic E-state index is -0.0856. The van der Waals surface area contributed by atoms with Gasteiger partial charge in [0.25, 0.3) is 5.91 Å². The van der Waals surface area contributed by atoms with Gasteiger partial charge in [-0.15, -0.1) is 11.3 Å². The molecule has 26 heavy (non-hydrogen) atoms. The Morgan fingerprint density at radius 3 is 2.77 bits per heavy atom. The zero-order valence-corrected chi connectivity index (χ0v) is 15.4. The van der Waals surface area contributed by atoms with Crippen LogP contribution in [0.3, 0.4) is 0 Å². The van der Waals surface area contributed by atoms with Crippen molar-refractivity contribution in [3.05, 3.63) is 53.8 Å². The summed E-state index contributed by atoms with van der Waals surface area (Å²) >= 11 is 1.47. The summed E-state index contributed by atoms with van der Waals surface area (Å²) < 4.78 is 1.81. The fraction of sp³-hybridized carbons (Fsp3) is 0.316. The smallest absolute Gasteiger partial charge is 0.270 e. The van der Waals surface area contributed by atoms with E-state index in [9.17, 15) is 4.79 Å². The van der Waals surface area contributed by atoms with Gasteiger partial charge in [-0.05, 0) is 45.1 Å². The maximum atomic E-state index is 12.5. The van der Waals surface area contributed by atoms with Crippen molar-refractivity contribution in [3.8, 4) is 16.3 Å². The molecule has 1 aromatic carbocycles. The third kappa shape index (κ3) is 3.68. The second kappa shape index (κ2) is 7.39. The summed E-state index contributed by atoms with van der Waals surface area (Å²) in [5, 5.41) is 10.1. The Kier molecular flexibility index (Phi) is 4.81. The van der Waals surface area contributed by atoms with Gasteiger partial charge < -0.3 is 10.2 Å². The number of piperidine rings is 1. The van der Waals surface area contributed by atoms with E-state index in [4.69, 9.17) is 0 Å². The molecule has 7 heteroatoms. The molecule has 134 valence electrons. The number of aromatic nitrogens is 3. The highest BCUT2D eigenvalue weighted by molar-refractivity contribution is 7.13. The molecule has 1 amide bonds. The Labute approximate surface area is 156 Å². The van der Waals surface area contributed by atoms with Crippen LogP contribution >= 0.6 is 11.3 Å². The van der Waals surface area contributed by atoms with E-state index in [0.717, 1.165) is 42.2 Å². The molecule has 1 aliphatic rings. The van der Waals surface area contributed by atoms with Crippen molar-refractivity contribution in [1.82, 2.24) is 25.0 Å². The lowest BCUT2D eigenvalue weighted by Crippen LogP contribution is -2.43. The van der Waals surface area contributed by atoms with Crippen molar-refractivity contribution < 1.29 is 4.79 Å². The minimum Gasteiger partial charge on any atom is -0.348 e. The number of carbonyl (C=O) groups is 1. The number of nitrogens with zero attached hydrogens (tertiary/aromatic N) is 4. The molecule has 1 N–H and O–H groups in total. The number of hydrogen-bond donors (Lipinski definition) is 1. The van der Waals surface area contributed by atoms with Crippen molar-refractivity contribution >= 4 is 17.2 Å². The first-order chi connectivity index (χ1) is 12.7. The molecule has 0 aliphatic carbocycles.